The molecule has 1 aliphatic heterocycles. The number of thioether (sulfide) groups is 1. The summed E-state index contributed by atoms with van der Waals surface area (Å²) in [5.74, 6) is 1.57. The van der Waals surface area contributed by atoms with Crippen molar-refractivity contribution in [2.24, 2.45) is 0 Å². The van der Waals surface area contributed by atoms with Gasteiger partial charge in [0.25, 0.3) is 0 Å². The highest BCUT2D eigenvalue weighted by Gasteiger charge is 2.33. The molecule has 0 spiro atoms. The summed E-state index contributed by atoms with van der Waals surface area (Å²) < 4.78 is 23.1. The number of rotatable bonds is 6. The zero-order chi connectivity index (χ0) is 15.3. The van der Waals surface area contributed by atoms with Crippen LogP contribution >= 0.6 is 11.8 Å². The van der Waals surface area contributed by atoms with Crippen molar-refractivity contribution in [3.8, 4) is 0 Å². The Morgan fingerprint density at radius 3 is 2.62 bits per heavy atom. The molecule has 6 heteroatoms. The van der Waals surface area contributed by atoms with Gasteiger partial charge in [-0.15, -0.1) is 11.8 Å². The molecule has 0 N–H and O–H groups in total. The zero-order valence-electron chi connectivity index (χ0n) is 12.2. The number of benzene rings is 1. The van der Waals surface area contributed by atoms with E-state index in [0.717, 1.165) is 5.75 Å². The molecule has 1 aliphatic rings. The summed E-state index contributed by atoms with van der Waals surface area (Å²) in [6.07, 6.45) is 0.575. The number of carbonyl (C=O) groups is 1. The number of hydrogen-bond acceptors (Lipinski definition) is 4. The van der Waals surface area contributed by atoms with E-state index in [-0.39, 0.29) is 23.5 Å². The fraction of sp³-hybridized carbons (Fsp3) is 0.533. The lowest BCUT2D eigenvalue weighted by Gasteiger charge is -2.26. The molecule has 2 rings (SSSR count). The second kappa shape index (κ2) is 7.31. The molecule has 4 nitrogen and oxygen atoms in total. The number of carbonyl (C=O) groups excluding carboxylic acids is 1. The van der Waals surface area contributed by atoms with Gasteiger partial charge >= 0.3 is 0 Å². The minimum atomic E-state index is -2.95. The van der Waals surface area contributed by atoms with Crippen molar-refractivity contribution < 1.29 is 13.2 Å². The van der Waals surface area contributed by atoms with Gasteiger partial charge in [0.1, 0.15) is 0 Å². The molecule has 1 unspecified atom stereocenters. The van der Waals surface area contributed by atoms with Crippen molar-refractivity contribution in [1.29, 1.82) is 0 Å². The Labute approximate surface area is 130 Å². The van der Waals surface area contributed by atoms with Crippen molar-refractivity contribution in [2.75, 3.05) is 23.8 Å². The molecular weight excluding hydrogens is 306 g/mol. The van der Waals surface area contributed by atoms with Crippen LogP contribution in [0.5, 0.6) is 0 Å². The molecule has 1 saturated heterocycles. The van der Waals surface area contributed by atoms with Crippen molar-refractivity contribution in [3.63, 3.8) is 0 Å². The first-order valence-electron chi connectivity index (χ1n) is 7.13. The molecule has 0 saturated carbocycles. The molecule has 1 aromatic rings. The van der Waals surface area contributed by atoms with Gasteiger partial charge in [-0.2, -0.15) is 0 Å². The average Bonchev–Trinajstić information content (AvgIpc) is 2.81. The lowest BCUT2D eigenvalue weighted by atomic mass is 10.2. The SMILES string of the molecule is CCN(C(=O)CSCc1ccccc1)C1CCS(=O)(=O)C1. The van der Waals surface area contributed by atoms with E-state index in [4.69, 9.17) is 0 Å². The Balaban J connectivity index is 1.83. The van der Waals surface area contributed by atoms with Gasteiger partial charge < -0.3 is 4.90 Å². The third-order valence-corrected chi connectivity index (χ3v) is 6.39. The Bertz CT molecular complexity index is 572. The smallest absolute Gasteiger partial charge is 0.232 e. The van der Waals surface area contributed by atoms with E-state index in [9.17, 15) is 13.2 Å². The summed E-state index contributed by atoms with van der Waals surface area (Å²) in [6.45, 7) is 2.48. The Morgan fingerprint density at radius 2 is 2.05 bits per heavy atom. The first-order valence-corrected chi connectivity index (χ1v) is 10.1. The van der Waals surface area contributed by atoms with E-state index in [2.05, 4.69) is 0 Å². The molecule has 1 atom stereocenters. The lowest BCUT2D eigenvalue weighted by molar-refractivity contribution is -0.129. The quantitative estimate of drug-likeness (QED) is 0.801. The monoisotopic (exact) mass is 327 g/mol. The highest BCUT2D eigenvalue weighted by molar-refractivity contribution is 7.99. The van der Waals surface area contributed by atoms with Crippen molar-refractivity contribution in [2.45, 2.75) is 25.1 Å². The molecule has 0 aromatic heterocycles. The van der Waals surface area contributed by atoms with E-state index in [1.54, 1.807) is 16.7 Å². The standard InChI is InChI=1S/C15H21NO3S2/c1-2-16(14-8-9-21(18,19)12-14)15(17)11-20-10-13-6-4-3-5-7-13/h3-7,14H,2,8-12H2,1H3. The topological polar surface area (TPSA) is 54.5 Å². The van der Waals surface area contributed by atoms with Crippen LogP contribution in [0.3, 0.4) is 0 Å². The van der Waals surface area contributed by atoms with Crippen LogP contribution < -0.4 is 0 Å². The van der Waals surface area contributed by atoms with Gasteiger partial charge in [0.2, 0.25) is 5.91 Å². The van der Waals surface area contributed by atoms with Crippen molar-refractivity contribution in [3.05, 3.63) is 35.9 Å². The molecule has 0 radical (unpaired) electrons. The van der Waals surface area contributed by atoms with Crippen LogP contribution in [-0.4, -0.2) is 49.1 Å². The maximum atomic E-state index is 12.3. The number of nitrogens with zero attached hydrogens (tertiary/aromatic N) is 1. The molecule has 1 heterocycles. The van der Waals surface area contributed by atoms with E-state index >= 15 is 0 Å². The number of hydrogen-bond donors (Lipinski definition) is 0. The summed E-state index contributed by atoms with van der Waals surface area (Å²) in [4.78, 5) is 14.0. The summed E-state index contributed by atoms with van der Waals surface area (Å²) in [7, 11) is -2.95. The largest absolute Gasteiger partial charge is 0.338 e. The summed E-state index contributed by atoms with van der Waals surface area (Å²) >= 11 is 1.58. The molecule has 21 heavy (non-hydrogen) atoms. The number of amides is 1. The van der Waals surface area contributed by atoms with E-state index in [0.29, 0.717) is 18.7 Å². The normalized spacial score (nSPS) is 20.3. The summed E-state index contributed by atoms with van der Waals surface area (Å²) in [6, 6.07) is 9.89. The van der Waals surface area contributed by atoms with E-state index in [1.807, 2.05) is 37.3 Å². The van der Waals surface area contributed by atoms with E-state index in [1.165, 1.54) is 5.56 Å². The Kier molecular flexibility index (Phi) is 5.70. The average molecular weight is 327 g/mol. The Morgan fingerprint density at radius 1 is 1.33 bits per heavy atom. The second-order valence-electron chi connectivity index (χ2n) is 5.22. The maximum absolute atomic E-state index is 12.3. The second-order valence-corrected chi connectivity index (χ2v) is 8.43. The fourth-order valence-electron chi connectivity index (χ4n) is 2.57. The van der Waals surface area contributed by atoms with Crippen LogP contribution in [0, 0.1) is 0 Å². The van der Waals surface area contributed by atoms with Crippen LogP contribution in [0.4, 0.5) is 0 Å². The molecule has 0 aliphatic carbocycles. The molecule has 1 aromatic carbocycles. The zero-order valence-corrected chi connectivity index (χ0v) is 13.8. The number of sulfone groups is 1. The third-order valence-electron chi connectivity index (χ3n) is 3.65. The predicted octanol–water partition coefficient (Wildman–Crippen LogP) is 1.96. The van der Waals surface area contributed by atoms with Crippen molar-refractivity contribution in [1.82, 2.24) is 4.90 Å². The summed E-state index contributed by atoms with van der Waals surface area (Å²) in [5.41, 5.74) is 1.20. The third kappa shape index (κ3) is 4.74. The first-order chi connectivity index (χ1) is 10.0. The van der Waals surface area contributed by atoms with Crippen LogP contribution in [0.1, 0.15) is 18.9 Å². The minimum absolute atomic E-state index is 0.0422. The Hall–Kier alpha value is -1.01. The molecule has 0 bridgehead atoms. The lowest BCUT2D eigenvalue weighted by Crippen LogP contribution is -2.41. The summed E-state index contributed by atoms with van der Waals surface area (Å²) in [5, 5.41) is 0. The fourth-order valence-corrected chi connectivity index (χ4v) is 5.17. The van der Waals surface area contributed by atoms with Crippen molar-refractivity contribution >= 4 is 27.5 Å². The maximum Gasteiger partial charge on any atom is 0.232 e. The molecule has 1 amide bonds. The van der Waals surface area contributed by atoms with Crippen LogP contribution in [0.25, 0.3) is 0 Å². The minimum Gasteiger partial charge on any atom is -0.338 e. The van der Waals surface area contributed by atoms with Gasteiger partial charge in [-0.1, -0.05) is 30.3 Å². The highest BCUT2D eigenvalue weighted by Crippen LogP contribution is 2.19. The van der Waals surface area contributed by atoms with Crippen LogP contribution in [-0.2, 0) is 20.4 Å². The first kappa shape index (κ1) is 16.4. The van der Waals surface area contributed by atoms with Gasteiger partial charge in [-0.05, 0) is 18.9 Å². The van der Waals surface area contributed by atoms with E-state index < -0.39 is 9.84 Å². The predicted molar refractivity (Wildman–Crippen MR) is 87.0 cm³/mol. The molecule has 1 fully saturated rings. The molecule has 116 valence electrons. The van der Waals surface area contributed by atoms with Gasteiger partial charge in [0, 0.05) is 18.3 Å². The van der Waals surface area contributed by atoms with Gasteiger partial charge in [-0.3, -0.25) is 4.79 Å². The van der Waals surface area contributed by atoms with Gasteiger partial charge in [0.05, 0.1) is 17.3 Å². The highest BCUT2D eigenvalue weighted by atomic mass is 32.2. The van der Waals surface area contributed by atoms with Crippen LogP contribution in [0.2, 0.25) is 0 Å². The van der Waals surface area contributed by atoms with Gasteiger partial charge in [0.15, 0.2) is 9.84 Å². The van der Waals surface area contributed by atoms with Gasteiger partial charge in [-0.25, -0.2) is 8.42 Å². The molecular formula is C15H21NO3S2. The van der Waals surface area contributed by atoms with Crippen LogP contribution in [0.15, 0.2) is 30.3 Å².